The zero-order chi connectivity index (χ0) is 18.5. The quantitative estimate of drug-likeness (QED) is 0.812. The molecule has 1 atom stereocenters. The summed E-state index contributed by atoms with van der Waals surface area (Å²) in [6, 6.07) is 8.13. The molecule has 0 spiro atoms. The Morgan fingerprint density at radius 2 is 2.08 bits per heavy atom. The molecule has 138 valence electrons. The molecule has 1 saturated heterocycles. The van der Waals surface area contributed by atoms with Gasteiger partial charge in [-0.15, -0.1) is 10.2 Å². The van der Waals surface area contributed by atoms with Crippen LogP contribution in [0.3, 0.4) is 0 Å². The normalized spacial score (nSPS) is 16.9. The Labute approximate surface area is 153 Å². The van der Waals surface area contributed by atoms with E-state index in [0.29, 0.717) is 26.1 Å². The average molecular weight is 355 g/mol. The summed E-state index contributed by atoms with van der Waals surface area (Å²) in [6.07, 6.45) is 2.60. The highest BCUT2D eigenvalue weighted by Gasteiger charge is 2.34. The molecule has 0 saturated carbocycles. The van der Waals surface area contributed by atoms with E-state index >= 15 is 0 Å². The van der Waals surface area contributed by atoms with E-state index in [2.05, 4.69) is 15.5 Å². The van der Waals surface area contributed by atoms with Crippen LogP contribution in [0.25, 0.3) is 0 Å². The van der Waals surface area contributed by atoms with Gasteiger partial charge in [0.1, 0.15) is 12.2 Å². The summed E-state index contributed by atoms with van der Waals surface area (Å²) in [6.45, 7) is 6.40. The minimum Gasteiger partial charge on any atom is -0.355 e. The highest BCUT2D eigenvalue weighted by molar-refractivity contribution is 5.89. The van der Waals surface area contributed by atoms with Gasteiger partial charge in [0.05, 0.1) is 5.92 Å². The third-order valence-electron chi connectivity index (χ3n) is 4.76. The molecule has 2 aromatic rings. The molecule has 0 radical (unpaired) electrons. The van der Waals surface area contributed by atoms with Crippen molar-refractivity contribution in [3.63, 3.8) is 0 Å². The first-order valence-electron chi connectivity index (χ1n) is 9.04. The molecule has 1 aliphatic rings. The molecule has 0 aliphatic carbocycles. The Morgan fingerprint density at radius 1 is 1.31 bits per heavy atom. The largest absolute Gasteiger partial charge is 0.355 e. The first-order chi connectivity index (χ1) is 12.6. The van der Waals surface area contributed by atoms with Crippen molar-refractivity contribution in [1.29, 1.82) is 0 Å². The van der Waals surface area contributed by atoms with Crippen LogP contribution in [0, 0.1) is 12.8 Å². The number of aryl methyl sites for hydroxylation is 2. The predicted octanol–water partition coefficient (Wildman–Crippen LogP) is 1.31. The van der Waals surface area contributed by atoms with E-state index in [-0.39, 0.29) is 24.2 Å². The van der Waals surface area contributed by atoms with Crippen molar-refractivity contribution >= 4 is 11.8 Å². The third kappa shape index (κ3) is 4.28. The summed E-state index contributed by atoms with van der Waals surface area (Å²) >= 11 is 0. The van der Waals surface area contributed by atoms with Gasteiger partial charge < -0.3 is 14.8 Å². The number of hydrogen-bond donors (Lipinski definition) is 1. The molecule has 3 rings (SSSR count). The third-order valence-corrected chi connectivity index (χ3v) is 4.76. The zero-order valence-electron chi connectivity index (χ0n) is 15.3. The number of benzene rings is 1. The number of nitrogens with one attached hydrogen (secondary N) is 1. The Balaban J connectivity index is 1.48. The summed E-state index contributed by atoms with van der Waals surface area (Å²) in [5.41, 5.74) is 2.28. The number of amides is 2. The lowest BCUT2D eigenvalue weighted by atomic mass is 10.1. The van der Waals surface area contributed by atoms with Crippen molar-refractivity contribution in [2.24, 2.45) is 5.92 Å². The summed E-state index contributed by atoms with van der Waals surface area (Å²) in [4.78, 5) is 26.4. The van der Waals surface area contributed by atoms with Crippen molar-refractivity contribution in [3.05, 3.63) is 47.5 Å². The molecule has 7 nitrogen and oxygen atoms in total. The minimum atomic E-state index is -0.281. The Hall–Kier alpha value is -2.70. The van der Waals surface area contributed by atoms with Crippen LogP contribution in [-0.4, -0.2) is 44.6 Å². The zero-order valence-corrected chi connectivity index (χ0v) is 15.3. The van der Waals surface area contributed by atoms with Crippen LogP contribution in [0.15, 0.2) is 30.6 Å². The van der Waals surface area contributed by atoms with Gasteiger partial charge in [0.15, 0.2) is 0 Å². The van der Waals surface area contributed by atoms with Crippen LogP contribution in [0.1, 0.15) is 30.3 Å². The van der Waals surface area contributed by atoms with Gasteiger partial charge in [-0.25, -0.2) is 0 Å². The number of carbonyl (C=O) groups is 2. The fourth-order valence-electron chi connectivity index (χ4n) is 3.19. The lowest BCUT2D eigenvalue weighted by molar-refractivity contribution is -0.129. The van der Waals surface area contributed by atoms with Gasteiger partial charge in [0, 0.05) is 39.0 Å². The highest BCUT2D eigenvalue weighted by atomic mass is 16.2. The van der Waals surface area contributed by atoms with Gasteiger partial charge in [0.2, 0.25) is 11.8 Å². The van der Waals surface area contributed by atoms with Gasteiger partial charge in [0.25, 0.3) is 0 Å². The van der Waals surface area contributed by atoms with E-state index < -0.39 is 0 Å². The fraction of sp³-hybridized carbons (Fsp3) is 0.474. The SMILES string of the molecule is CCn1cnnc1CCNC(=O)C1CC(=O)N(Cc2ccc(C)cc2)C1. The van der Waals surface area contributed by atoms with Gasteiger partial charge >= 0.3 is 0 Å². The topological polar surface area (TPSA) is 80.1 Å². The van der Waals surface area contributed by atoms with E-state index in [0.717, 1.165) is 17.9 Å². The van der Waals surface area contributed by atoms with Crippen molar-refractivity contribution in [2.75, 3.05) is 13.1 Å². The van der Waals surface area contributed by atoms with Crippen molar-refractivity contribution < 1.29 is 9.59 Å². The van der Waals surface area contributed by atoms with Crippen LogP contribution < -0.4 is 5.32 Å². The molecular weight excluding hydrogens is 330 g/mol. The van der Waals surface area contributed by atoms with Crippen LogP contribution in [0.2, 0.25) is 0 Å². The van der Waals surface area contributed by atoms with Crippen LogP contribution in [0.5, 0.6) is 0 Å². The van der Waals surface area contributed by atoms with Gasteiger partial charge in [-0.05, 0) is 19.4 Å². The Morgan fingerprint density at radius 3 is 2.81 bits per heavy atom. The van der Waals surface area contributed by atoms with Crippen molar-refractivity contribution in [1.82, 2.24) is 25.0 Å². The van der Waals surface area contributed by atoms with Gasteiger partial charge in [-0.1, -0.05) is 29.8 Å². The number of likely N-dealkylation sites (tertiary alicyclic amines) is 1. The minimum absolute atomic E-state index is 0.0384. The van der Waals surface area contributed by atoms with Crippen LogP contribution in [-0.2, 0) is 29.1 Å². The van der Waals surface area contributed by atoms with Crippen LogP contribution >= 0.6 is 0 Å². The van der Waals surface area contributed by atoms with E-state index in [1.54, 1.807) is 11.2 Å². The smallest absolute Gasteiger partial charge is 0.225 e. The summed E-state index contributed by atoms with van der Waals surface area (Å²) in [5.74, 6) is 0.553. The molecule has 1 N–H and O–H groups in total. The van der Waals surface area contributed by atoms with E-state index in [1.165, 1.54) is 5.56 Å². The van der Waals surface area contributed by atoms with Crippen molar-refractivity contribution in [3.8, 4) is 0 Å². The van der Waals surface area contributed by atoms with E-state index in [1.807, 2.05) is 42.7 Å². The monoisotopic (exact) mass is 355 g/mol. The molecule has 26 heavy (non-hydrogen) atoms. The second-order valence-corrected chi connectivity index (χ2v) is 6.74. The molecule has 7 heteroatoms. The summed E-state index contributed by atoms with van der Waals surface area (Å²) in [5, 5.41) is 10.9. The second kappa shape index (κ2) is 8.12. The van der Waals surface area contributed by atoms with Crippen molar-refractivity contribution in [2.45, 2.75) is 39.8 Å². The van der Waals surface area contributed by atoms with Crippen LogP contribution in [0.4, 0.5) is 0 Å². The molecule has 1 aromatic heterocycles. The number of rotatable bonds is 7. The molecule has 1 aliphatic heterocycles. The molecular formula is C19H25N5O2. The van der Waals surface area contributed by atoms with Gasteiger partial charge in [-0.3, -0.25) is 9.59 Å². The lowest BCUT2D eigenvalue weighted by Gasteiger charge is -2.17. The standard InChI is InChI=1S/C19H25N5O2/c1-3-23-13-21-22-17(23)8-9-20-19(26)16-10-18(25)24(12-16)11-15-6-4-14(2)5-7-15/h4-7,13,16H,3,8-12H2,1-2H3,(H,20,26). The lowest BCUT2D eigenvalue weighted by Crippen LogP contribution is -2.34. The Kier molecular flexibility index (Phi) is 5.65. The number of carbonyl (C=O) groups excluding carboxylic acids is 2. The number of aromatic nitrogens is 3. The molecule has 1 aromatic carbocycles. The number of nitrogens with zero attached hydrogens (tertiary/aromatic N) is 4. The molecule has 0 bridgehead atoms. The number of hydrogen-bond acceptors (Lipinski definition) is 4. The highest BCUT2D eigenvalue weighted by Crippen LogP contribution is 2.20. The predicted molar refractivity (Wildman–Crippen MR) is 97.1 cm³/mol. The fourth-order valence-corrected chi connectivity index (χ4v) is 3.19. The van der Waals surface area contributed by atoms with Gasteiger partial charge in [-0.2, -0.15) is 0 Å². The first kappa shape index (κ1) is 18.1. The van der Waals surface area contributed by atoms with E-state index in [9.17, 15) is 9.59 Å². The molecule has 1 unspecified atom stereocenters. The maximum Gasteiger partial charge on any atom is 0.225 e. The molecule has 2 heterocycles. The first-order valence-corrected chi connectivity index (χ1v) is 9.04. The Bertz CT molecular complexity index is 768. The second-order valence-electron chi connectivity index (χ2n) is 6.74. The maximum absolute atomic E-state index is 12.4. The van der Waals surface area contributed by atoms with E-state index in [4.69, 9.17) is 0 Å². The summed E-state index contributed by atoms with van der Waals surface area (Å²) < 4.78 is 1.95. The average Bonchev–Trinajstić information content (AvgIpc) is 3.23. The molecule has 2 amide bonds. The summed E-state index contributed by atoms with van der Waals surface area (Å²) in [7, 11) is 0. The molecule has 1 fully saturated rings. The maximum atomic E-state index is 12.4.